The van der Waals surface area contributed by atoms with Crippen LogP contribution >= 0.6 is 0 Å². The van der Waals surface area contributed by atoms with E-state index in [2.05, 4.69) is 127 Å². The molecule has 0 saturated heterocycles. The first-order valence-electron chi connectivity index (χ1n) is 18.3. The molecule has 1 aliphatic carbocycles. The van der Waals surface area contributed by atoms with Crippen molar-refractivity contribution >= 4 is 32.7 Å². The molecule has 2 heterocycles. The molecule has 1 atom stereocenters. The lowest BCUT2D eigenvalue weighted by Gasteiger charge is -2.34. The monoisotopic (exact) mass is 689 g/mol. The quantitative estimate of drug-likeness (QED) is 0.180. The lowest BCUT2D eigenvalue weighted by Crippen LogP contribution is -2.28. The summed E-state index contributed by atoms with van der Waals surface area (Å²) in [6.07, 6.45) is 0. The van der Waals surface area contributed by atoms with Crippen LogP contribution in [0.3, 0.4) is 0 Å². The highest BCUT2D eigenvalue weighted by molar-refractivity contribution is 6.06. The number of rotatable bonds is 5. The number of aromatic nitrogens is 3. The largest absolute Gasteiger partial charge is 0.456 e. The molecule has 10 aromatic rings. The molecule has 8 aromatic carbocycles. The standard InChI is InChI=1S/C50H31N3O/c1-4-14-32(15-5-1)47-51-48(33-16-6-2-7-17-33)53-49(52-47)36-24-26-40-41-27-25-38(31-46(41)54-45(40)30-36)50(37-20-8-3-9-21-37)43-23-13-12-22-39(43)42-28-34-18-10-11-19-35(34)29-44(42)50/h1-31H. The van der Waals surface area contributed by atoms with Gasteiger partial charge in [0.25, 0.3) is 0 Å². The molecule has 0 fully saturated rings. The zero-order valence-corrected chi connectivity index (χ0v) is 29.1. The van der Waals surface area contributed by atoms with Gasteiger partial charge >= 0.3 is 0 Å². The Kier molecular flexibility index (Phi) is 6.73. The summed E-state index contributed by atoms with van der Waals surface area (Å²) >= 11 is 0. The lowest BCUT2D eigenvalue weighted by atomic mass is 9.67. The molecular weight excluding hydrogens is 659 g/mol. The molecule has 4 nitrogen and oxygen atoms in total. The van der Waals surface area contributed by atoms with Crippen LogP contribution in [0, 0.1) is 0 Å². The zero-order valence-electron chi connectivity index (χ0n) is 29.1. The van der Waals surface area contributed by atoms with E-state index in [1.165, 1.54) is 44.2 Å². The topological polar surface area (TPSA) is 51.8 Å². The molecule has 2 aromatic heterocycles. The zero-order chi connectivity index (χ0) is 35.6. The summed E-state index contributed by atoms with van der Waals surface area (Å²) < 4.78 is 6.80. The maximum absolute atomic E-state index is 6.80. The summed E-state index contributed by atoms with van der Waals surface area (Å²) in [5.41, 5.74) is 11.3. The Morgan fingerprint density at radius 2 is 0.889 bits per heavy atom. The van der Waals surface area contributed by atoms with E-state index in [4.69, 9.17) is 19.4 Å². The Bertz CT molecular complexity index is 2990. The minimum atomic E-state index is -0.540. The second-order valence-electron chi connectivity index (χ2n) is 14.0. The Balaban J connectivity index is 1.11. The van der Waals surface area contributed by atoms with Gasteiger partial charge in [0.1, 0.15) is 11.2 Å². The molecule has 252 valence electrons. The first-order chi connectivity index (χ1) is 26.7. The fourth-order valence-electron chi connectivity index (χ4n) is 8.53. The highest BCUT2D eigenvalue weighted by Crippen LogP contribution is 2.57. The molecule has 0 N–H and O–H groups in total. The fourth-order valence-corrected chi connectivity index (χ4v) is 8.53. The van der Waals surface area contributed by atoms with E-state index in [1.54, 1.807) is 0 Å². The van der Waals surface area contributed by atoms with Crippen LogP contribution in [0.4, 0.5) is 0 Å². The molecule has 4 heteroatoms. The van der Waals surface area contributed by atoms with Gasteiger partial charge in [0.15, 0.2) is 17.5 Å². The molecule has 0 amide bonds. The van der Waals surface area contributed by atoms with Gasteiger partial charge in [-0.3, -0.25) is 0 Å². The van der Waals surface area contributed by atoms with Gasteiger partial charge < -0.3 is 4.42 Å². The van der Waals surface area contributed by atoms with Crippen molar-refractivity contribution in [2.75, 3.05) is 0 Å². The van der Waals surface area contributed by atoms with Crippen molar-refractivity contribution in [2.45, 2.75) is 5.41 Å². The van der Waals surface area contributed by atoms with Crippen LogP contribution in [0.1, 0.15) is 22.3 Å². The van der Waals surface area contributed by atoms with Gasteiger partial charge in [-0.1, -0.05) is 158 Å². The van der Waals surface area contributed by atoms with Crippen LogP contribution in [-0.2, 0) is 5.41 Å². The van der Waals surface area contributed by atoms with Gasteiger partial charge in [-0.05, 0) is 74.5 Å². The van der Waals surface area contributed by atoms with Crippen LogP contribution in [0.15, 0.2) is 192 Å². The van der Waals surface area contributed by atoms with Gasteiger partial charge in [-0.25, -0.2) is 15.0 Å². The van der Waals surface area contributed by atoms with Crippen LogP contribution in [-0.4, -0.2) is 15.0 Å². The van der Waals surface area contributed by atoms with Crippen molar-refractivity contribution in [1.82, 2.24) is 15.0 Å². The van der Waals surface area contributed by atoms with Gasteiger partial charge in [0.2, 0.25) is 0 Å². The molecule has 0 spiro atoms. The smallest absolute Gasteiger partial charge is 0.164 e. The summed E-state index contributed by atoms with van der Waals surface area (Å²) in [5.74, 6) is 1.86. The summed E-state index contributed by atoms with van der Waals surface area (Å²) in [7, 11) is 0. The first-order valence-corrected chi connectivity index (χ1v) is 18.3. The highest BCUT2D eigenvalue weighted by Gasteiger charge is 2.46. The van der Waals surface area contributed by atoms with Crippen molar-refractivity contribution < 1.29 is 4.42 Å². The van der Waals surface area contributed by atoms with Crippen molar-refractivity contribution in [1.29, 1.82) is 0 Å². The maximum atomic E-state index is 6.80. The second-order valence-corrected chi connectivity index (χ2v) is 14.0. The molecule has 1 aliphatic rings. The number of furan rings is 1. The predicted molar refractivity (Wildman–Crippen MR) is 218 cm³/mol. The van der Waals surface area contributed by atoms with Gasteiger partial charge in [0, 0.05) is 27.5 Å². The third-order valence-electron chi connectivity index (χ3n) is 11.0. The summed E-state index contributed by atoms with van der Waals surface area (Å²) in [6, 6.07) is 66.4. The third kappa shape index (κ3) is 4.60. The SMILES string of the molecule is c1ccc(-c2nc(-c3ccccc3)nc(-c3ccc4c(c3)oc3cc(C5(c6ccccc6)c6ccccc6-c6cc7ccccc7cc65)ccc34)n2)cc1. The second kappa shape index (κ2) is 11.9. The van der Waals surface area contributed by atoms with Crippen molar-refractivity contribution in [3.8, 4) is 45.3 Å². The van der Waals surface area contributed by atoms with E-state index in [0.717, 1.165) is 38.6 Å². The Morgan fingerprint density at radius 1 is 0.352 bits per heavy atom. The number of nitrogens with zero attached hydrogens (tertiary/aromatic N) is 3. The maximum Gasteiger partial charge on any atom is 0.164 e. The minimum Gasteiger partial charge on any atom is -0.456 e. The van der Waals surface area contributed by atoms with E-state index < -0.39 is 5.41 Å². The summed E-state index contributed by atoms with van der Waals surface area (Å²) in [4.78, 5) is 14.8. The Hall–Kier alpha value is -7.17. The van der Waals surface area contributed by atoms with Crippen molar-refractivity contribution in [3.05, 3.63) is 210 Å². The van der Waals surface area contributed by atoms with E-state index in [1.807, 2.05) is 60.7 Å². The van der Waals surface area contributed by atoms with Gasteiger partial charge in [0.05, 0.1) is 5.41 Å². The molecule has 1 unspecified atom stereocenters. The Labute approximate surface area is 312 Å². The molecule has 0 bridgehead atoms. The predicted octanol–water partition coefficient (Wildman–Crippen LogP) is 12.3. The van der Waals surface area contributed by atoms with Crippen molar-refractivity contribution in [2.24, 2.45) is 0 Å². The van der Waals surface area contributed by atoms with Gasteiger partial charge in [-0.15, -0.1) is 0 Å². The molecule has 0 aliphatic heterocycles. The summed E-state index contributed by atoms with van der Waals surface area (Å²) in [5, 5.41) is 4.58. The first kappa shape index (κ1) is 30.5. The Morgan fingerprint density at radius 3 is 1.57 bits per heavy atom. The van der Waals surface area contributed by atoms with Crippen LogP contribution < -0.4 is 0 Å². The third-order valence-corrected chi connectivity index (χ3v) is 11.0. The number of fused-ring (bicyclic) bond motifs is 7. The van der Waals surface area contributed by atoms with Crippen LogP contribution in [0.2, 0.25) is 0 Å². The molecule has 0 saturated carbocycles. The van der Waals surface area contributed by atoms with Crippen molar-refractivity contribution in [3.63, 3.8) is 0 Å². The van der Waals surface area contributed by atoms with Crippen LogP contribution in [0.5, 0.6) is 0 Å². The normalized spacial score (nSPS) is 14.7. The average Bonchev–Trinajstić information content (AvgIpc) is 3.76. The summed E-state index contributed by atoms with van der Waals surface area (Å²) in [6.45, 7) is 0. The number of hydrogen-bond donors (Lipinski definition) is 0. The average molecular weight is 690 g/mol. The van der Waals surface area contributed by atoms with E-state index in [9.17, 15) is 0 Å². The number of benzene rings is 8. The lowest BCUT2D eigenvalue weighted by molar-refractivity contribution is 0.665. The molecule has 0 radical (unpaired) electrons. The van der Waals surface area contributed by atoms with E-state index in [-0.39, 0.29) is 0 Å². The minimum absolute atomic E-state index is 0.540. The molecule has 11 rings (SSSR count). The molecular formula is C50H31N3O. The highest BCUT2D eigenvalue weighted by atomic mass is 16.3. The number of hydrogen-bond acceptors (Lipinski definition) is 4. The van der Waals surface area contributed by atoms with E-state index in [0.29, 0.717) is 17.5 Å². The fraction of sp³-hybridized carbons (Fsp3) is 0.0200. The van der Waals surface area contributed by atoms with Gasteiger partial charge in [-0.2, -0.15) is 0 Å². The van der Waals surface area contributed by atoms with E-state index >= 15 is 0 Å². The van der Waals surface area contributed by atoms with Crippen LogP contribution in [0.25, 0.3) is 78.0 Å². The molecule has 54 heavy (non-hydrogen) atoms.